The molecule has 1 aromatic heterocycles. The van der Waals surface area contributed by atoms with Crippen LogP contribution in [0.2, 0.25) is 0 Å². The van der Waals surface area contributed by atoms with E-state index in [1.54, 1.807) is 12.1 Å². The smallest absolute Gasteiger partial charge is 0.314 e. The van der Waals surface area contributed by atoms with Crippen LogP contribution in [-0.4, -0.2) is 49.6 Å². The zero-order valence-corrected chi connectivity index (χ0v) is 14.6. The minimum atomic E-state index is -0.666. The Balaban J connectivity index is 1.40. The van der Waals surface area contributed by atoms with Crippen molar-refractivity contribution in [1.82, 2.24) is 10.3 Å². The van der Waals surface area contributed by atoms with E-state index in [9.17, 15) is 9.59 Å². The van der Waals surface area contributed by atoms with E-state index in [1.807, 2.05) is 25.1 Å². The molecule has 7 heteroatoms. The number of hydrogen-bond donors (Lipinski definition) is 2. The summed E-state index contributed by atoms with van der Waals surface area (Å²) in [6.45, 7) is 0.761. The van der Waals surface area contributed by atoms with E-state index >= 15 is 0 Å². The minimum Gasteiger partial charge on any atom is -0.377 e. The first kappa shape index (κ1) is 16.3. The van der Waals surface area contributed by atoms with Crippen LogP contribution in [0.5, 0.6) is 0 Å². The minimum absolute atomic E-state index is 0.0630. The van der Waals surface area contributed by atoms with Crippen LogP contribution in [0.25, 0.3) is 0 Å². The molecule has 1 aromatic rings. The van der Waals surface area contributed by atoms with Crippen LogP contribution in [0.4, 0.5) is 11.6 Å². The van der Waals surface area contributed by atoms with Crippen molar-refractivity contribution in [3.8, 4) is 0 Å². The third-order valence-corrected chi connectivity index (χ3v) is 5.96. The van der Waals surface area contributed by atoms with Gasteiger partial charge in [0, 0.05) is 38.1 Å². The van der Waals surface area contributed by atoms with Gasteiger partial charge in [0.2, 0.25) is 0 Å². The molecule has 2 heterocycles. The van der Waals surface area contributed by atoms with Gasteiger partial charge in [0.25, 0.3) is 0 Å². The summed E-state index contributed by atoms with van der Waals surface area (Å²) in [6.07, 6.45) is 4.56. The lowest BCUT2D eigenvalue weighted by molar-refractivity contribution is -0.179. The second-order valence-electron chi connectivity index (χ2n) is 7.51. The second-order valence-corrected chi connectivity index (χ2v) is 7.51. The molecule has 134 valence electrons. The van der Waals surface area contributed by atoms with Crippen LogP contribution in [0.3, 0.4) is 0 Å². The van der Waals surface area contributed by atoms with Crippen molar-refractivity contribution in [3.63, 3.8) is 0 Å². The number of nitrogens with zero attached hydrogens (tertiary/aromatic N) is 2. The largest absolute Gasteiger partial charge is 0.377 e. The highest BCUT2D eigenvalue weighted by Gasteiger charge is 2.67. The standard InChI is InChI=1S/C18H24N4O3/c1-22(2)13-6-3-5-12(19-13)20-16(23)17(24)21-14-11-7-10-25-15(11)18(14)8-4-9-18/h3,5-6,11,14-15H,4,7-10H2,1-2H3,(H,21,24)(H,19,20,23)/t11-,14+,15+/m0/s1. The third-order valence-electron chi connectivity index (χ3n) is 5.96. The van der Waals surface area contributed by atoms with Crippen molar-refractivity contribution in [1.29, 1.82) is 0 Å². The lowest BCUT2D eigenvalue weighted by Gasteiger charge is -2.63. The van der Waals surface area contributed by atoms with Crippen molar-refractivity contribution in [2.45, 2.75) is 37.8 Å². The van der Waals surface area contributed by atoms with Gasteiger partial charge in [-0.1, -0.05) is 12.5 Å². The molecule has 3 atom stereocenters. The molecule has 1 saturated heterocycles. The van der Waals surface area contributed by atoms with E-state index in [4.69, 9.17) is 4.74 Å². The maximum atomic E-state index is 12.4. The predicted octanol–water partition coefficient (Wildman–Crippen LogP) is 1.16. The zero-order valence-electron chi connectivity index (χ0n) is 14.6. The van der Waals surface area contributed by atoms with Gasteiger partial charge in [-0.3, -0.25) is 9.59 Å². The molecule has 2 saturated carbocycles. The van der Waals surface area contributed by atoms with Gasteiger partial charge in [-0.05, 0) is 31.4 Å². The Labute approximate surface area is 147 Å². The Morgan fingerprint density at radius 3 is 2.76 bits per heavy atom. The van der Waals surface area contributed by atoms with Crippen LogP contribution in [0, 0.1) is 11.3 Å². The number of hydrogen-bond acceptors (Lipinski definition) is 5. The predicted molar refractivity (Wildman–Crippen MR) is 93.3 cm³/mol. The molecule has 7 nitrogen and oxygen atoms in total. The molecule has 1 spiro atoms. The number of carbonyl (C=O) groups excluding carboxylic acids is 2. The molecule has 2 N–H and O–H groups in total. The molecule has 2 amide bonds. The highest BCUT2D eigenvalue weighted by molar-refractivity contribution is 6.39. The summed E-state index contributed by atoms with van der Waals surface area (Å²) >= 11 is 0. The Hall–Kier alpha value is -2.15. The van der Waals surface area contributed by atoms with Gasteiger partial charge < -0.3 is 20.3 Å². The molecule has 2 aliphatic carbocycles. The first-order valence-corrected chi connectivity index (χ1v) is 8.89. The van der Waals surface area contributed by atoms with Crippen LogP contribution < -0.4 is 15.5 Å². The highest BCUT2D eigenvalue weighted by Crippen LogP contribution is 2.62. The molecule has 0 bridgehead atoms. The van der Waals surface area contributed by atoms with E-state index in [-0.39, 0.29) is 17.6 Å². The number of amides is 2. The molecule has 25 heavy (non-hydrogen) atoms. The van der Waals surface area contributed by atoms with E-state index in [1.165, 1.54) is 6.42 Å². The molecular formula is C18H24N4O3. The van der Waals surface area contributed by atoms with Gasteiger partial charge in [0.05, 0.1) is 6.10 Å². The fraction of sp³-hybridized carbons (Fsp3) is 0.611. The van der Waals surface area contributed by atoms with Crippen LogP contribution >= 0.6 is 0 Å². The number of pyridine rings is 1. The molecule has 0 unspecified atom stereocenters. The molecule has 0 radical (unpaired) electrons. The van der Waals surface area contributed by atoms with E-state index in [2.05, 4.69) is 15.6 Å². The highest BCUT2D eigenvalue weighted by atomic mass is 16.5. The van der Waals surface area contributed by atoms with Gasteiger partial charge >= 0.3 is 11.8 Å². The fourth-order valence-corrected chi connectivity index (χ4v) is 4.58. The summed E-state index contributed by atoms with van der Waals surface area (Å²) in [6, 6.07) is 5.37. The van der Waals surface area contributed by atoms with E-state index < -0.39 is 11.8 Å². The zero-order chi connectivity index (χ0) is 17.6. The Kier molecular flexibility index (Phi) is 3.91. The van der Waals surface area contributed by atoms with Gasteiger partial charge in [0.15, 0.2) is 0 Å². The van der Waals surface area contributed by atoms with Crippen LogP contribution in [0.1, 0.15) is 25.7 Å². The lowest BCUT2D eigenvalue weighted by Crippen LogP contribution is -2.72. The summed E-state index contributed by atoms with van der Waals surface area (Å²) < 4.78 is 5.85. The summed E-state index contributed by atoms with van der Waals surface area (Å²) in [4.78, 5) is 30.8. The summed E-state index contributed by atoms with van der Waals surface area (Å²) in [7, 11) is 3.74. The second kappa shape index (κ2) is 5.98. The average molecular weight is 344 g/mol. The summed E-state index contributed by atoms with van der Waals surface area (Å²) in [5, 5.41) is 5.56. The average Bonchev–Trinajstić information content (AvgIpc) is 2.96. The van der Waals surface area contributed by atoms with Crippen molar-refractivity contribution < 1.29 is 14.3 Å². The lowest BCUT2D eigenvalue weighted by atomic mass is 9.46. The van der Waals surface area contributed by atoms with Crippen molar-refractivity contribution in [3.05, 3.63) is 18.2 Å². The Bertz CT molecular complexity index is 701. The maximum absolute atomic E-state index is 12.4. The number of aromatic nitrogens is 1. The Morgan fingerprint density at radius 2 is 2.08 bits per heavy atom. The molecule has 0 aromatic carbocycles. The number of ether oxygens (including phenoxy) is 1. The van der Waals surface area contributed by atoms with Crippen molar-refractivity contribution in [2.24, 2.45) is 11.3 Å². The van der Waals surface area contributed by atoms with E-state index in [0.29, 0.717) is 11.7 Å². The normalized spacial score (nSPS) is 28.5. The number of carbonyl (C=O) groups is 2. The number of fused-ring (bicyclic) bond motifs is 2. The number of rotatable bonds is 3. The number of nitrogens with one attached hydrogen (secondary N) is 2. The fourth-order valence-electron chi connectivity index (χ4n) is 4.58. The topological polar surface area (TPSA) is 83.6 Å². The Morgan fingerprint density at radius 1 is 1.28 bits per heavy atom. The maximum Gasteiger partial charge on any atom is 0.314 e. The summed E-state index contributed by atoms with van der Waals surface area (Å²) in [5.74, 6) is 0.197. The molecular weight excluding hydrogens is 320 g/mol. The molecule has 3 fully saturated rings. The quantitative estimate of drug-likeness (QED) is 0.804. The van der Waals surface area contributed by atoms with Crippen LogP contribution in [0.15, 0.2) is 18.2 Å². The van der Waals surface area contributed by atoms with Gasteiger partial charge in [-0.15, -0.1) is 0 Å². The third kappa shape index (κ3) is 2.57. The molecule has 3 aliphatic rings. The molecule has 4 rings (SSSR count). The van der Waals surface area contributed by atoms with Crippen LogP contribution in [-0.2, 0) is 14.3 Å². The van der Waals surface area contributed by atoms with Crippen molar-refractivity contribution in [2.75, 3.05) is 30.9 Å². The summed E-state index contributed by atoms with van der Waals surface area (Å²) in [5.41, 5.74) is 0.0696. The monoisotopic (exact) mass is 344 g/mol. The first-order valence-electron chi connectivity index (χ1n) is 8.89. The van der Waals surface area contributed by atoms with Gasteiger partial charge in [-0.25, -0.2) is 4.98 Å². The van der Waals surface area contributed by atoms with Gasteiger partial charge in [-0.2, -0.15) is 0 Å². The number of anilines is 2. The first-order chi connectivity index (χ1) is 12.0. The molecule has 1 aliphatic heterocycles. The van der Waals surface area contributed by atoms with Crippen molar-refractivity contribution >= 4 is 23.5 Å². The van der Waals surface area contributed by atoms with E-state index in [0.717, 1.165) is 31.7 Å². The van der Waals surface area contributed by atoms with Gasteiger partial charge in [0.1, 0.15) is 11.6 Å². The SMILES string of the molecule is CN(C)c1cccc(NC(=O)C(=O)N[C@@H]2[C@@H]3CCO[C@H]3C23CCC3)n1.